The number of benzene rings is 4. The van der Waals surface area contributed by atoms with Crippen molar-refractivity contribution in [3.63, 3.8) is 0 Å². The maximum absolute atomic E-state index is 6.50. The van der Waals surface area contributed by atoms with Crippen LogP contribution in [0.1, 0.15) is 13.8 Å². The summed E-state index contributed by atoms with van der Waals surface area (Å²) in [5.74, 6) is 3.28. The Kier molecular flexibility index (Phi) is 8.82. The van der Waals surface area contributed by atoms with Gasteiger partial charge in [-0.15, -0.1) is 0 Å². The average molecular weight is 565 g/mol. The van der Waals surface area contributed by atoms with E-state index in [1.807, 2.05) is 111 Å². The van der Waals surface area contributed by atoms with E-state index in [1.165, 1.54) is 0 Å². The number of aliphatic imine (C=N–C) groups is 1. The van der Waals surface area contributed by atoms with Crippen molar-refractivity contribution in [3.8, 4) is 23.0 Å². The highest BCUT2D eigenvalue weighted by atomic mass is 16.5. The van der Waals surface area contributed by atoms with Crippen LogP contribution in [0, 0.1) is 5.41 Å². The van der Waals surface area contributed by atoms with Crippen molar-refractivity contribution in [2.45, 2.75) is 13.8 Å². The first-order chi connectivity index (χ1) is 20.4. The number of hydrogen-bond acceptors (Lipinski definition) is 8. The normalized spacial score (nSPS) is 16.4. The Labute approximate surface area is 246 Å². The lowest BCUT2D eigenvalue weighted by molar-refractivity contribution is -0.00284. The van der Waals surface area contributed by atoms with E-state index in [4.69, 9.17) is 29.7 Å². The molecule has 0 saturated carbocycles. The van der Waals surface area contributed by atoms with Gasteiger partial charge in [0.2, 0.25) is 0 Å². The predicted octanol–water partition coefficient (Wildman–Crippen LogP) is 7.29. The number of fused-ring (bicyclic) bond motifs is 2. The first-order valence-electron chi connectivity index (χ1n) is 13.8. The van der Waals surface area contributed by atoms with Gasteiger partial charge in [-0.05, 0) is 62.4 Å². The third-order valence-corrected chi connectivity index (χ3v) is 6.65. The molecule has 0 radical (unpaired) electrons. The van der Waals surface area contributed by atoms with Crippen LogP contribution in [-0.4, -0.2) is 32.3 Å². The number of para-hydroxylation sites is 8. The highest BCUT2D eigenvalue weighted by Gasteiger charge is 2.37. The summed E-state index contributed by atoms with van der Waals surface area (Å²) >= 11 is 0. The lowest BCUT2D eigenvalue weighted by Crippen LogP contribution is -2.45. The van der Waals surface area contributed by atoms with Crippen molar-refractivity contribution in [3.05, 3.63) is 109 Å². The Morgan fingerprint density at radius 1 is 0.857 bits per heavy atom. The van der Waals surface area contributed by atoms with Crippen molar-refractivity contribution >= 4 is 28.6 Å². The second kappa shape index (κ2) is 13.0. The van der Waals surface area contributed by atoms with E-state index in [0.29, 0.717) is 40.2 Å². The number of hydrogen-bond donors (Lipinski definition) is 3. The Morgan fingerprint density at radius 2 is 1.45 bits per heavy atom. The molecular formula is C34H36N4O4. The van der Waals surface area contributed by atoms with E-state index in [2.05, 4.69) is 17.2 Å². The van der Waals surface area contributed by atoms with Crippen LogP contribution in [-0.2, 0) is 0 Å². The summed E-state index contributed by atoms with van der Waals surface area (Å²) < 4.78 is 25.8. The van der Waals surface area contributed by atoms with Gasteiger partial charge in [0.05, 0.1) is 17.1 Å². The van der Waals surface area contributed by atoms with Gasteiger partial charge in [0.25, 0.3) is 0 Å². The van der Waals surface area contributed by atoms with Gasteiger partial charge in [-0.3, -0.25) is 0 Å². The first-order valence-corrected chi connectivity index (χ1v) is 13.8. The second-order valence-corrected chi connectivity index (χ2v) is 10.4. The van der Waals surface area contributed by atoms with Gasteiger partial charge in [-0.1, -0.05) is 55.1 Å². The molecular weight excluding hydrogens is 528 g/mol. The maximum Gasteiger partial charge on any atom is 0.145 e. The summed E-state index contributed by atoms with van der Waals surface area (Å²) in [6, 6.07) is 30.6. The molecule has 0 saturated heterocycles. The van der Waals surface area contributed by atoms with E-state index < -0.39 is 5.41 Å². The number of anilines is 3. The number of amidine groups is 1. The van der Waals surface area contributed by atoms with Crippen molar-refractivity contribution < 1.29 is 18.9 Å². The van der Waals surface area contributed by atoms with E-state index >= 15 is 0 Å². The van der Waals surface area contributed by atoms with E-state index in [0.717, 1.165) is 17.1 Å². The highest BCUT2D eigenvalue weighted by molar-refractivity contribution is 5.96. The molecule has 0 aromatic heterocycles. The molecule has 4 N–H and O–H groups in total. The zero-order valence-corrected chi connectivity index (χ0v) is 23.9. The SMILES string of the molecule is C=C(C)Nc1ccccc1OCC1(COc2ccccc2N)COc2ccccc2N=C(C)Nc2ccccc2OC1. The number of rotatable bonds is 8. The lowest BCUT2D eigenvalue weighted by atomic mass is 9.92. The molecule has 8 heteroatoms. The monoisotopic (exact) mass is 564 g/mol. The number of nitrogens with zero attached hydrogens (tertiary/aromatic N) is 1. The van der Waals surface area contributed by atoms with Crippen LogP contribution in [0.15, 0.2) is 114 Å². The number of nitrogens with two attached hydrogens (primary N) is 1. The Hall–Kier alpha value is -5.11. The molecule has 0 fully saturated rings. The first kappa shape index (κ1) is 28.4. The number of nitrogens with one attached hydrogen (secondary N) is 2. The summed E-state index contributed by atoms with van der Waals surface area (Å²) in [5.41, 5.74) is 9.12. The van der Waals surface area contributed by atoms with Gasteiger partial charge in [-0.25, -0.2) is 4.99 Å². The summed E-state index contributed by atoms with van der Waals surface area (Å²) in [4.78, 5) is 4.79. The molecule has 0 spiro atoms. The van der Waals surface area contributed by atoms with Gasteiger partial charge < -0.3 is 35.3 Å². The molecule has 0 aliphatic carbocycles. The summed E-state index contributed by atoms with van der Waals surface area (Å²) in [7, 11) is 0. The zero-order valence-electron chi connectivity index (χ0n) is 23.9. The van der Waals surface area contributed by atoms with Gasteiger partial charge in [0.15, 0.2) is 0 Å². The smallest absolute Gasteiger partial charge is 0.145 e. The fourth-order valence-electron chi connectivity index (χ4n) is 4.48. The number of nitrogen functional groups attached to an aromatic ring is 1. The standard InChI is InChI=1S/C34H36N4O4/c1-24(2)36-27-13-5-9-17-31(27)40-21-34(20-39-30-16-8-4-12-26(30)35)22-41-32-18-10-6-14-28(32)37-25(3)38-29-15-7-11-19-33(29)42-23-34/h4-19,36H,1,20-23,35H2,2-3H3,(H,37,38). The molecule has 8 nitrogen and oxygen atoms in total. The predicted molar refractivity (Wildman–Crippen MR) is 169 cm³/mol. The highest BCUT2D eigenvalue weighted by Crippen LogP contribution is 2.35. The average Bonchev–Trinajstić information content (AvgIpc) is 2.98. The molecule has 1 aliphatic heterocycles. The third kappa shape index (κ3) is 7.14. The summed E-state index contributed by atoms with van der Waals surface area (Å²) in [5, 5.41) is 6.64. The minimum Gasteiger partial charge on any atom is -0.490 e. The topological polar surface area (TPSA) is 99.4 Å². The molecule has 0 amide bonds. The fraction of sp³-hybridized carbons (Fsp3) is 0.206. The molecule has 216 valence electrons. The quantitative estimate of drug-likeness (QED) is 0.193. The second-order valence-electron chi connectivity index (χ2n) is 10.4. The van der Waals surface area contributed by atoms with Crippen LogP contribution in [0.3, 0.4) is 0 Å². The Balaban J connectivity index is 1.54. The third-order valence-electron chi connectivity index (χ3n) is 6.65. The molecule has 1 aliphatic rings. The summed E-state index contributed by atoms with van der Waals surface area (Å²) in [6.45, 7) is 8.66. The Morgan fingerprint density at radius 3 is 2.21 bits per heavy atom. The van der Waals surface area contributed by atoms with E-state index in [9.17, 15) is 0 Å². The van der Waals surface area contributed by atoms with Gasteiger partial charge in [-0.2, -0.15) is 0 Å². The molecule has 42 heavy (non-hydrogen) atoms. The van der Waals surface area contributed by atoms with Crippen LogP contribution in [0.2, 0.25) is 0 Å². The molecule has 0 bridgehead atoms. The molecule has 1 unspecified atom stereocenters. The molecule has 4 aromatic carbocycles. The largest absolute Gasteiger partial charge is 0.490 e. The van der Waals surface area contributed by atoms with Crippen molar-refractivity contribution in [2.75, 3.05) is 42.8 Å². The van der Waals surface area contributed by atoms with Crippen LogP contribution in [0.4, 0.5) is 22.7 Å². The van der Waals surface area contributed by atoms with Gasteiger partial charge in [0, 0.05) is 5.70 Å². The summed E-state index contributed by atoms with van der Waals surface area (Å²) in [6.07, 6.45) is 0. The fourth-order valence-corrected chi connectivity index (χ4v) is 4.48. The van der Waals surface area contributed by atoms with Gasteiger partial charge >= 0.3 is 0 Å². The van der Waals surface area contributed by atoms with Crippen LogP contribution < -0.4 is 35.3 Å². The number of allylic oxidation sites excluding steroid dienone is 1. The van der Waals surface area contributed by atoms with E-state index in [-0.39, 0.29) is 26.4 Å². The van der Waals surface area contributed by atoms with Crippen molar-refractivity contribution in [1.29, 1.82) is 0 Å². The van der Waals surface area contributed by atoms with Crippen molar-refractivity contribution in [2.24, 2.45) is 10.4 Å². The zero-order chi connectivity index (χ0) is 29.4. The number of ether oxygens (including phenoxy) is 4. The van der Waals surface area contributed by atoms with Gasteiger partial charge in [0.1, 0.15) is 66.4 Å². The van der Waals surface area contributed by atoms with Crippen LogP contribution in [0.25, 0.3) is 0 Å². The molecule has 5 rings (SSSR count). The maximum atomic E-state index is 6.50. The minimum absolute atomic E-state index is 0.206. The van der Waals surface area contributed by atoms with E-state index in [1.54, 1.807) is 0 Å². The molecule has 4 aromatic rings. The minimum atomic E-state index is -0.781. The van der Waals surface area contributed by atoms with Crippen LogP contribution >= 0.6 is 0 Å². The van der Waals surface area contributed by atoms with Crippen molar-refractivity contribution in [1.82, 2.24) is 0 Å². The molecule has 1 heterocycles. The molecule has 1 atom stereocenters. The Bertz CT molecular complexity index is 1570. The van der Waals surface area contributed by atoms with Crippen LogP contribution in [0.5, 0.6) is 23.0 Å². The lowest BCUT2D eigenvalue weighted by Gasteiger charge is -2.34.